The molecule has 178 valence electrons. The molecule has 0 aromatic heterocycles. The number of hydrogen-bond donors (Lipinski definition) is 0. The smallest absolute Gasteiger partial charge is 0.269 e. The van der Waals surface area contributed by atoms with E-state index in [4.69, 9.17) is 0 Å². The zero-order valence-electron chi connectivity index (χ0n) is 19.8. The van der Waals surface area contributed by atoms with E-state index in [-0.39, 0.29) is 17.6 Å². The zero-order chi connectivity index (χ0) is 24.0. The van der Waals surface area contributed by atoms with Gasteiger partial charge in [0.15, 0.2) is 0 Å². The molecule has 3 aliphatic rings. The highest BCUT2D eigenvalue weighted by Gasteiger charge is 2.61. The van der Waals surface area contributed by atoms with E-state index in [0.717, 1.165) is 48.7 Å². The summed E-state index contributed by atoms with van der Waals surface area (Å²) in [5, 5.41) is 0. The van der Waals surface area contributed by atoms with E-state index in [1.807, 2.05) is 66.4 Å². The largest absolute Gasteiger partial charge is 0.369 e. The third-order valence-electron chi connectivity index (χ3n) is 7.16. The Morgan fingerprint density at radius 1 is 0.829 bits per heavy atom. The minimum atomic E-state index is -1.05. The predicted octanol–water partition coefficient (Wildman–Crippen LogP) is 4.05. The lowest BCUT2D eigenvalue weighted by Crippen LogP contribution is -2.54. The molecule has 3 aliphatic heterocycles. The first-order valence-electron chi connectivity index (χ1n) is 12.1. The number of piperazine rings is 1. The van der Waals surface area contributed by atoms with E-state index in [1.54, 1.807) is 4.90 Å². The lowest BCUT2D eigenvalue weighted by molar-refractivity contribution is -0.124. The zero-order valence-corrected chi connectivity index (χ0v) is 20.6. The summed E-state index contributed by atoms with van der Waals surface area (Å²) < 4.78 is 0. The van der Waals surface area contributed by atoms with Gasteiger partial charge in [0.25, 0.3) is 5.91 Å². The Morgan fingerprint density at radius 3 is 2.31 bits per heavy atom. The second-order valence-corrected chi connectivity index (χ2v) is 10.5. The third-order valence-corrected chi connectivity index (χ3v) is 8.54. The number of thioether (sulfide) groups is 1. The van der Waals surface area contributed by atoms with Crippen molar-refractivity contribution in [2.24, 2.45) is 0 Å². The van der Waals surface area contributed by atoms with Gasteiger partial charge in [0.05, 0.1) is 18.1 Å². The van der Waals surface area contributed by atoms with Crippen LogP contribution in [0.15, 0.2) is 78.9 Å². The van der Waals surface area contributed by atoms with Crippen LogP contribution in [0, 0.1) is 6.92 Å². The number of para-hydroxylation sites is 2. The van der Waals surface area contributed by atoms with Crippen LogP contribution in [-0.2, 0) is 14.5 Å². The standard InChI is InChI=1S/C28H28N4O2S/c1-21-8-7-11-23(18-21)32-26(33)19-35-28(32)24-12-5-6-13-25(24)31(27(28)34)20-29-14-16-30(17-15-29)22-9-3-2-4-10-22/h2-13,18H,14-17,19-20H2,1H3/t28-/m1/s1. The molecule has 6 nitrogen and oxygen atoms in total. The van der Waals surface area contributed by atoms with Crippen molar-refractivity contribution >= 4 is 40.6 Å². The molecular formula is C28H28N4O2S. The topological polar surface area (TPSA) is 47.1 Å². The Labute approximate surface area is 210 Å². The Morgan fingerprint density at radius 2 is 1.54 bits per heavy atom. The van der Waals surface area contributed by atoms with Crippen LogP contribution < -0.4 is 14.7 Å². The molecule has 1 atom stereocenters. The van der Waals surface area contributed by atoms with Crippen molar-refractivity contribution in [2.75, 3.05) is 53.3 Å². The van der Waals surface area contributed by atoms with E-state index in [0.29, 0.717) is 6.67 Å². The van der Waals surface area contributed by atoms with Gasteiger partial charge in [-0.25, -0.2) is 0 Å². The second-order valence-electron chi connectivity index (χ2n) is 9.33. The van der Waals surface area contributed by atoms with Crippen molar-refractivity contribution < 1.29 is 9.59 Å². The Kier molecular flexibility index (Phi) is 5.54. The maximum absolute atomic E-state index is 14.2. The number of nitrogens with zero attached hydrogens (tertiary/aromatic N) is 4. The Bertz CT molecular complexity index is 1270. The van der Waals surface area contributed by atoms with Crippen LogP contribution in [0.4, 0.5) is 17.1 Å². The molecule has 2 saturated heterocycles. The molecule has 3 aromatic carbocycles. The summed E-state index contributed by atoms with van der Waals surface area (Å²) in [7, 11) is 0. The molecule has 0 radical (unpaired) electrons. The van der Waals surface area contributed by atoms with E-state index < -0.39 is 4.87 Å². The first kappa shape index (κ1) is 22.2. The molecule has 2 amide bonds. The Balaban J connectivity index is 1.29. The number of anilines is 3. The van der Waals surface area contributed by atoms with E-state index in [9.17, 15) is 9.59 Å². The highest BCUT2D eigenvalue weighted by molar-refractivity contribution is 8.02. The summed E-state index contributed by atoms with van der Waals surface area (Å²) in [5.41, 5.74) is 4.90. The van der Waals surface area contributed by atoms with Crippen LogP contribution in [-0.4, -0.2) is 55.3 Å². The second kappa shape index (κ2) is 8.73. The van der Waals surface area contributed by atoms with E-state index in [1.165, 1.54) is 17.4 Å². The number of aryl methyl sites for hydroxylation is 1. The first-order chi connectivity index (χ1) is 17.1. The van der Waals surface area contributed by atoms with Gasteiger partial charge in [0, 0.05) is 43.1 Å². The minimum Gasteiger partial charge on any atom is -0.369 e. The van der Waals surface area contributed by atoms with Gasteiger partial charge in [-0.1, -0.05) is 48.5 Å². The maximum Gasteiger partial charge on any atom is 0.269 e. The number of hydrogen-bond acceptors (Lipinski definition) is 5. The average Bonchev–Trinajstić information content (AvgIpc) is 3.36. The lowest BCUT2D eigenvalue weighted by Gasteiger charge is -2.38. The monoisotopic (exact) mass is 484 g/mol. The van der Waals surface area contributed by atoms with Crippen LogP contribution in [0.2, 0.25) is 0 Å². The van der Waals surface area contributed by atoms with Gasteiger partial charge >= 0.3 is 0 Å². The first-order valence-corrected chi connectivity index (χ1v) is 13.0. The van der Waals surface area contributed by atoms with Crippen LogP contribution in [0.1, 0.15) is 11.1 Å². The summed E-state index contributed by atoms with van der Waals surface area (Å²) in [6, 6.07) is 26.3. The molecule has 2 fully saturated rings. The van der Waals surface area contributed by atoms with Gasteiger partial charge in [-0.05, 0) is 42.8 Å². The molecule has 0 saturated carbocycles. The fourth-order valence-corrected chi connectivity index (χ4v) is 6.81. The molecule has 0 aliphatic carbocycles. The molecule has 6 rings (SSSR count). The SMILES string of the molecule is Cc1cccc(N2C(=O)CS[C@]23C(=O)N(CN2CCN(c4ccccc4)CC2)c2ccccc23)c1. The molecule has 3 aromatic rings. The number of rotatable bonds is 4. The third kappa shape index (κ3) is 3.61. The van der Waals surface area contributed by atoms with Crippen molar-refractivity contribution in [1.29, 1.82) is 0 Å². The summed E-state index contributed by atoms with van der Waals surface area (Å²) in [6.07, 6.45) is 0. The van der Waals surface area contributed by atoms with Gasteiger partial charge in [-0.2, -0.15) is 0 Å². The highest BCUT2D eigenvalue weighted by Crippen LogP contribution is 2.55. The van der Waals surface area contributed by atoms with E-state index >= 15 is 0 Å². The summed E-state index contributed by atoms with van der Waals surface area (Å²) >= 11 is 1.44. The van der Waals surface area contributed by atoms with Gasteiger partial charge < -0.3 is 4.90 Å². The van der Waals surface area contributed by atoms with Crippen LogP contribution in [0.3, 0.4) is 0 Å². The average molecular weight is 485 g/mol. The molecule has 7 heteroatoms. The number of carbonyl (C=O) groups excluding carboxylic acids is 2. The molecule has 0 bridgehead atoms. The van der Waals surface area contributed by atoms with Crippen molar-refractivity contribution in [1.82, 2.24) is 4.90 Å². The van der Waals surface area contributed by atoms with Gasteiger partial charge in [-0.15, -0.1) is 11.8 Å². The maximum atomic E-state index is 14.2. The predicted molar refractivity (Wildman–Crippen MR) is 142 cm³/mol. The number of carbonyl (C=O) groups is 2. The summed E-state index contributed by atoms with van der Waals surface area (Å²) in [4.78, 5) is 34.7. The molecule has 3 heterocycles. The summed E-state index contributed by atoms with van der Waals surface area (Å²) in [6.45, 7) is 6.12. The molecular weight excluding hydrogens is 456 g/mol. The summed E-state index contributed by atoms with van der Waals surface area (Å²) in [5.74, 6) is 0.237. The minimum absolute atomic E-state index is 0.0259. The quantitative estimate of drug-likeness (QED) is 0.559. The van der Waals surface area contributed by atoms with Crippen molar-refractivity contribution in [3.8, 4) is 0 Å². The van der Waals surface area contributed by atoms with Crippen molar-refractivity contribution in [3.05, 3.63) is 90.0 Å². The number of amides is 2. The Hall–Kier alpha value is -3.29. The number of benzene rings is 3. The molecule has 0 unspecified atom stereocenters. The van der Waals surface area contributed by atoms with Crippen molar-refractivity contribution in [3.63, 3.8) is 0 Å². The number of fused-ring (bicyclic) bond motifs is 2. The molecule has 1 spiro atoms. The fraction of sp³-hybridized carbons (Fsp3) is 0.286. The van der Waals surface area contributed by atoms with Crippen LogP contribution in [0.25, 0.3) is 0 Å². The molecule has 0 N–H and O–H groups in total. The van der Waals surface area contributed by atoms with Gasteiger partial charge in [0.1, 0.15) is 0 Å². The van der Waals surface area contributed by atoms with E-state index in [2.05, 4.69) is 34.1 Å². The van der Waals surface area contributed by atoms with Crippen molar-refractivity contribution in [2.45, 2.75) is 11.8 Å². The van der Waals surface area contributed by atoms with Crippen LogP contribution in [0.5, 0.6) is 0 Å². The van der Waals surface area contributed by atoms with Gasteiger partial charge in [-0.3, -0.25) is 24.3 Å². The normalized spacial score (nSPS) is 22.4. The van der Waals surface area contributed by atoms with Crippen LogP contribution >= 0.6 is 11.8 Å². The van der Waals surface area contributed by atoms with Gasteiger partial charge in [0.2, 0.25) is 10.8 Å². The fourth-order valence-electron chi connectivity index (χ4n) is 5.45. The highest BCUT2D eigenvalue weighted by atomic mass is 32.2. The lowest BCUT2D eigenvalue weighted by atomic mass is 10.0. The molecule has 35 heavy (non-hydrogen) atoms.